The number of anilines is 1. The van der Waals surface area contributed by atoms with E-state index in [4.69, 9.17) is 14.2 Å². The number of hydrogen-bond donors (Lipinski definition) is 2. The molecule has 2 aromatic carbocycles. The van der Waals surface area contributed by atoms with Gasteiger partial charge in [0.15, 0.2) is 11.5 Å². The summed E-state index contributed by atoms with van der Waals surface area (Å²) in [6.07, 6.45) is 0. The Bertz CT molecular complexity index is 757. The van der Waals surface area contributed by atoms with Gasteiger partial charge in [-0.3, -0.25) is 0 Å². The molecule has 2 N–H and O–H groups in total. The van der Waals surface area contributed by atoms with E-state index in [2.05, 4.69) is 24.5 Å². The Morgan fingerprint density at radius 2 is 1.67 bits per heavy atom. The highest BCUT2D eigenvalue weighted by Crippen LogP contribution is 2.32. The molecule has 6 heteroatoms. The highest BCUT2D eigenvalue weighted by Gasteiger charge is 2.23. The Morgan fingerprint density at radius 1 is 1.00 bits per heavy atom. The molecule has 0 unspecified atom stereocenters. The lowest BCUT2D eigenvalue weighted by molar-refractivity contribution is 0.249. The second kappa shape index (κ2) is 9.16. The van der Waals surface area contributed by atoms with Gasteiger partial charge in [0.05, 0.1) is 20.8 Å². The molecule has 0 saturated carbocycles. The molecule has 0 aliphatic rings. The van der Waals surface area contributed by atoms with Gasteiger partial charge in [-0.1, -0.05) is 19.9 Å². The maximum Gasteiger partial charge on any atom is 0.319 e. The smallest absolute Gasteiger partial charge is 0.319 e. The van der Waals surface area contributed by atoms with Crippen molar-refractivity contribution < 1.29 is 19.0 Å². The van der Waals surface area contributed by atoms with E-state index in [1.807, 2.05) is 49.4 Å². The lowest BCUT2D eigenvalue weighted by atomic mass is 9.84. The zero-order chi connectivity index (χ0) is 19.9. The van der Waals surface area contributed by atoms with E-state index in [0.29, 0.717) is 30.3 Å². The van der Waals surface area contributed by atoms with Crippen LogP contribution in [0, 0.1) is 0 Å². The average Bonchev–Trinajstić information content (AvgIpc) is 2.67. The summed E-state index contributed by atoms with van der Waals surface area (Å²) in [5.74, 6) is 2.12. The van der Waals surface area contributed by atoms with Crippen LogP contribution in [0.1, 0.15) is 26.3 Å². The van der Waals surface area contributed by atoms with Crippen molar-refractivity contribution in [2.45, 2.75) is 26.2 Å². The van der Waals surface area contributed by atoms with Crippen LogP contribution in [0.15, 0.2) is 42.5 Å². The van der Waals surface area contributed by atoms with Crippen LogP contribution in [0.5, 0.6) is 17.2 Å². The van der Waals surface area contributed by atoms with Crippen LogP contribution in [0.4, 0.5) is 10.5 Å². The van der Waals surface area contributed by atoms with Gasteiger partial charge in [-0.15, -0.1) is 0 Å². The van der Waals surface area contributed by atoms with E-state index < -0.39 is 0 Å². The highest BCUT2D eigenvalue weighted by molar-refractivity contribution is 5.89. The van der Waals surface area contributed by atoms with Gasteiger partial charge in [-0.2, -0.15) is 0 Å². The Morgan fingerprint density at radius 3 is 2.26 bits per heavy atom. The molecule has 0 fully saturated rings. The van der Waals surface area contributed by atoms with Gasteiger partial charge in [0, 0.05) is 17.6 Å². The molecule has 0 aliphatic heterocycles. The SMILES string of the molecule is CCOc1ccc(NC(=O)NCC(C)(C)c2ccc(OC)c(OC)c2)cc1. The van der Waals surface area contributed by atoms with Gasteiger partial charge < -0.3 is 24.8 Å². The second-order valence-electron chi connectivity index (χ2n) is 6.72. The van der Waals surface area contributed by atoms with Crippen LogP contribution in [0.3, 0.4) is 0 Å². The first-order chi connectivity index (χ1) is 12.9. The summed E-state index contributed by atoms with van der Waals surface area (Å²) in [4.78, 5) is 12.2. The third-order valence-electron chi connectivity index (χ3n) is 4.28. The van der Waals surface area contributed by atoms with E-state index in [-0.39, 0.29) is 11.4 Å². The third kappa shape index (κ3) is 5.54. The van der Waals surface area contributed by atoms with Gasteiger partial charge in [-0.05, 0) is 48.9 Å². The third-order valence-corrected chi connectivity index (χ3v) is 4.28. The second-order valence-corrected chi connectivity index (χ2v) is 6.72. The van der Waals surface area contributed by atoms with Crippen molar-refractivity contribution in [3.05, 3.63) is 48.0 Å². The van der Waals surface area contributed by atoms with Crippen LogP contribution in [0.2, 0.25) is 0 Å². The Balaban J connectivity index is 1.96. The fourth-order valence-corrected chi connectivity index (χ4v) is 2.64. The van der Waals surface area contributed by atoms with E-state index in [1.165, 1.54) is 0 Å². The molecule has 0 bridgehead atoms. The number of carbonyl (C=O) groups is 1. The largest absolute Gasteiger partial charge is 0.494 e. The Hall–Kier alpha value is -2.89. The first-order valence-electron chi connectivity index (χ1n) is 8.90. The Kier molecular flexibility index (Phi) is 6.93. The quantitative estimate of drug-likeness (QED) is 0.729. The monoisotopic (exact) mass is 372 g/mol. The summed E-state index contributed by atoms with van der Waals surface area (Å²) in [5, 5.41) is 5.75. The van der Waals surface area contributed by atoms with Crippen molar-refractivity contribution in [1.29, 1.82) is 0 Å². The number of rotatable bonds is 8. The van der Waals surface area contributed by atoms with Gasteiger partial charge in [0.25, 0.3) is 0 Å². The van der Waals surface area contributed by atoms with Gasteiger partial charge in [-0.25, -0.2) is 4.79 Å². The number of nitrogens with one attached hydrogen (secondary N) is 2. The van der Waals surface area contributed by atoms with Crippen molar-refractivity contribution in [2.75, 3.05) is 32.7 Å². The van der Waals surface area contributed by atoms with Crippen LogP contribution in [0.25, 0.3) is 0 Å². The zero-order valence-corrected chi connectivity index (χ0v) is 16.6. The molecule has 0 saturated heterocycles. The van der Waals surface area contributed by atoms with Crippen LogP contribution in [-0.2, 0) is 5.41 Å². The summed E-state index contributed by atoms with van der Waals surface area (Å²) >= 11 is 0. The number of urea groups is 1. The molecule has 2 amide bonds. The summed E-state index contributed by atoms with van der Waals surface area (Å²) in [7, 11) is 3.21. The maximum atomic E-state index is 12.2. The Labute approximate surface area is 160 Å². The first kappa shape index (κ1) is 20.4. The zero-order valence-electron chi connectivity index (χ0n) is 16.6. The van der Waals surface area contributed by atoms with E-state index in [1.54, 1.807) is 14.2 Å². The number of ether oxygens (including phenoxy) is 3. The minimum absolute atomic E-state index is 0.257. The molecule has 0 heterocycles. The normalized spacial score (nSPS) is 10.9. The molecule has 146 valence electrons. The summed E-state index contributed by atoms with van der Waals surface area (Å²) in [6.45, 7) is 7.13. The van der Waals surface area contributed by atoms with Crippen LogP contribution >= 0.6 is 0 Å². The topological polar surface area (TPSA) is 68.8 Å². The van der Waals surface area contributed by atoms with Crippen LogP contribution < -0.4 is 24.8 Å². The number of amides is 2. The predicted octanol–water partition coefficient (Wildman–Crippen LogP) is 4.20. The average molecular weight is 372 g/mol. The predicted molar refractivity (Wildman–Crippen MR) is 107 cm³/mol. The number of carbonyl (C=O) groups excluding carboxylic acids is 1. The molecule has 0 aromatic heterocycles. The molecule has 6 nitrogen and oxygen atoms in total. The molecule has 2 rings (SSSR count). The van der Waals surface area contributed by atoms with Gasteiger partial charge in [0.1, 0.15) is 5.75 Å². The van der Waals surface area contributed by atoms with E-state index >= 15 is 0 Å². The standard InChI is InChI=1S/C21H28N2O4/c1-6-27-17-10-8-16(9-11-17)23-20(24)22-14-21(2,3)15-7-12-18(25-4)19(13-15)26-5/h7-13H,6,14H2,1-5H3,(H2,22,23,24). The minimum Gasteiger partial charge on any atom is -0.494 e. The van der Waals surface area contributed by atoms with Gasteiger partial charge in [0.2, 0.25) is 0 Å². The fraction of sp³-hybridized carbons (Fsp3) is 0.381. The van der Waals surface area contributed by atoms with Crippen LogP contribution in [-0.4, -0.2) is 33.4 Å². The minimum atomic E-state index is -0.282. The molecule has 0 radical (unpaired) electrons. The number of methoxy groups -OCH3 is 2. The number of benzene rings is 2. The molecular weight excluding hydrogens is 344 g/mol. The van der Waals surface area contributed by atoms with E-state index in [9.17, 15) is 4.79 Å². The molecule has 0 atom stereocenters. The van der Waals surface area contributed by atoms with Crippen molar-refractivity contribution in [1.82, 2.24) is 5.32 Å². The van der Waals surface area contributed by atoms with Crippen molar-refractivity contribution in [2.24, 2.45) is 0 Å². The maximum absolute atomic E-state index is 12.2. The summed E-state index contributed by atoms with van der Waals surface area (Å²) in [6, 6.07) is 12.8. The molecular formula is C21H28N2O4. The fourth-order valence-electron chi connectivity index (χ4n) is 2.64. The summed E-state index contributed by atoms with van der Waals surface area (Å²) in [5.41, 5.74) is 1.47. The number of hydrogen-bond acceptors (Lipinski definition) is 4. The molecule has 0 spiro atoms. The van der Waals surface area contributed by atoms with Crippen molar-refractivity contribution >= 4 is 11.7 Å². The highest BCUT2D eigenvalue weighted by atomic mass is 16.5. The molecule has 0 aliphatic carbocycles. The van der Waals surface area contributed by atoms with Gasteiger partial charge >= 0.3 is 6.03 Å². The molecule has 2 aromatic rings. The molecule has 27 heavy (non-hydrogen) atoms. The lowest BCUT2D eigenvalue weighted by Crippen LogP contribution is -2.39. The van der Waals surface area contributed by atoms with E-state index in [0.717, 1.165) is 11.3 Å². The summed E-state index contributed by atoms with van der Waals surface area (Å²) < 4.78 is 16.0. The lowest BCUT2D eigenvalue weighted by Gasteiger charge is -2.26. The van der Waals surface area contributed by atoms with Crippen molar-refractivity contribution in [3.63, 3.8) is 0 Å². The van der Waals surface area contributed by atoms with Crippen molar-refractivity contribution in [3.8, 4) is 17.2 Å². The first-order valence-corrected chi connectivity index (χ1v) is 8.90.